The molecule has 4 nitrogen and oxygen atoms in total. The van der Waals surface area contributed by atoms with Crippen LogP contribution in [0.3, 0.4) is 0 Å². The van der Waals surface area contributed by atoms with Crippen LogP contribution in [-0.2, 0) is 14.3 Å². The first-order valence-electron chi connectivity index (χ1n) is 5.81. The molecule has 0 aromatic rings. The summed E-state index contributed by atoms with van der Waals surface area (Å²) in [5.41, 5.74) is 0.563. The van der Waals surface area contributed by atoms with E-state index >= 15 is 0 Å². The summed E-state index contributed by atoms with van der Waals surface area (Å²) < 4.78 is 10.0. The molecule has 0 rings (SSSR count). The van der Waals surface area contributed by atoms with Crippen LogP contribution in [0.2, 0.25) is 0 Å². The predicted octanol–water partition coefficient (Wildman–Crippen LogP) is 2.06. The molecule has 0 saturated carbocycles. The van der Waals surface area contributed by atoms with E-state index in [4.69, 9.17) is 9.47 Å². The number of hydrogen-bond donors (Lipinski definition) is 1. The van der Waals surface area contributed by atoms with Gasteiger partial charge in [0, 0.05) is 14.0 Å². The maximum atomic E-state index is 10.6. The molecule has 1 N–H and O–H groups in total. The van der Waals surface area contributed by atoms with E-state index in [9.17, 15) is 9.90 Å². The van der Waals surface area contributed by atoms with Crippen molar-refractivity contribution in [2.45, 2.75) is 52.2 Å². The van der Waals surface area contributed by atoms with E-state index in [-0.39, 0.29) is 5.97 Å². The second-order valence-electron chi connectivity index (χ2n) is 4.72. The molecule has 1 atom stereocenters. The molecule has 17 heavy (non-hydrogen) atoms. The quantitative estimate of drug-likeness (QED) is 0.550. The Balaban J connectivity index is 3.98. The molecular formula is C13H24O4. The van der Waals surface area contributed by atoms with E-state index in [1.54, 1.807) is 7.11 Å². The Morgan fingerprint density at radius 3 is 2.47 bits per heavy atom. The minimum atomic E-state index is -0.532. The molecule has 0 saturated heterocycles. The lowest BCUT2D eigenvalue weighted by Crippen LogP contribution is -2.37. The Bertz CT molecular complexity index is 269. The molecule has 0 heterocycles. The molecule has 0 aliphatic rings. The van der Waals surface area contributed by atoms with Gasteiger partial charge in [-0.15, -0.1) is 0 Å². The van der Waals surface area contributed by atoms with Crippen molar-refractivity contribution in [3.8, 4) is 0 Å². The largest absolute Gasteiger partial charge is 0.462 e. The molecule has 0 aliphatic heterocycles. The van der Waals surface area contributed by atoms with Crippen LogP contribution in [0, 0.1) is 0 Å². The Morgan fingerprint density at radius 2 is 2.00 bits per heavy atom. The number of aliphatic hydroxyl groups is 1. The molecule has 0 unspecified atom stereocenters. The second-order valence-corrected chi connectivity index (χ2v) is 4.72. The SMILES string of the molecule is COC(C)(C)[C@H](O)CC/C(C)=C/COC(C)=O. The van der Waals surface area contributed by atoms with Gasteiger partial charge in [0.2, 0.25) is 0 Å². The third kappa shape index (κ3) is 7.13. The molecule has 0 aliphatic carbocycles. The Kier molecular flexibility index (Phi) is 7.07. The highest BCUT2D eigenvalue weighted by atomic mass is 16.5. The zero-order valence-electron chi connectivity index (χ0n) is 11.4. The van der Waals surface area contributed by atoms with E-state index in [2.05, 4.69) is 0 Å². The van der Waals surface area contributed by atoms with Crippen LogP contribution in [0.4, 0.5) is 0 Å². The number of hydrogen-bond acceptors (Lipinski definition) is 4. The van der Waals surface area contributed by atoms with Gasteiger partial charge in [0.1, 0.15) is 6.61 Å². The number of ether oxygens (including phenoxy) is 2. The monoisotopic (exact) mass is 244 g/mol. The summed E-state index contributed by atoms with van der Waals surface area (Å²) in [7, 11) is 1.59. The molecule has 0 aromatic heterocycles. The average molecular weight is 244 g/mol. The van der Waals surface area contributed by atoms with Gasteiger partial charge >= 0.3 is 5.97 Å². The number of methoxy groups -OCH3 is 1. The number of aliphatic hydroxyl groups excluding tert-OH is 1. The van der Waals surface area contributed by atoms with Gasteiger partial charge in [-0.25, -0.2) is 0 Å². The van der Waals surface area contributed by atoms with Crippen molar-refractivity contribution in [1.82, 2.24) is 0 Å². The van der Waals surface area contributed by atoms with E-state index in [1.807, 2.05) is 26.8 Å². The lowest BCUT2D eigenvalue weighted by atomic mass is 9.95. The van der Waals surface area contributed by atoms with Crippen LogP contribution in [0.25, 0.3) is 0 Å². The van der Waals surface area contributed by atoms with Crippen molar-refractivity contribution in [1.29, 1.82) is 0 Å². The van der Waals surface area contributed by atoms with Crippen LogP contribution in [0.15, 0.2) is 11.6 Å². The number of allylic oxidation sites excluding steroid dienone is 1. The van der Waals surface area contributed by atoms with Gasteiger partial charge in [-0.05, 0) is 39.7 Å². The Labute approximate surface area is 104 Å². The van der Waals surface area contributed by atoms with Gasteiger partial charge in [-0.2, -0.15) is 0 Å². The van der Waals surface area contributed by atoms with Crippen molar-refractivity contribution >= 4 is 5.97 Å². The standard InChI is InChI=1S/C13H24O4/c1-10(8-9-17-11(2)14)6-7-12(15)13(3,4)16-5/h8,12,15H,6-7,9H2,1-5H3/b10-8+/t12-/m1/s1. The van der Waals surface area contributed by atoms with Crippen LogP contribution >= 0.6 is 0 Å². The zero-order valence-corrected chi connectivity index (χ0v) is 11.4. The molecule has 0 aromatic carbocycles. The zero-order chi connectivity index (χ0) is 13.5. The van der Waals surface area contributed by atoms with Crippen LogP contribution in [0.1, 0.15) is 40.5 Å². The number of rotatable bonds is 7. The highest BCUT2D eigenvalue weighted by Gasteiger charge is 2.26. The summed E-state index contributed by atoms with van der Waals surface area (Å²) in [6.07, 6.45) is 2.73. The van der Waals surface area contributed by atoms with Crippen LogP contribution in [0.5, 0.6) is 0 Å². The maximum absolute atomic E-state index is 10.6. The summed E-state index contributed by atoms with van der Waals surface area (Å²) >= 11 is 0. The van der Waals surface area contributed by atoms with Crippen molar-refractivity contribution in [3.05, 3.63) is 11.6 Å². The minimum absolute atomic E-state index is 0.283. The first kappa shape index (κ1) is 16.1. The number of carbonyl (C=O) groups excluding carboxylic acids is 1. The highest BCUT2D eigenvalue weighted by Crippen LogP contribution is 2.19. The van der Waals surface area contributed by atoms with Gasteiger partial charge < -0.3 is 14.6 Å². The number of carbonyl (C=O) groups is 1. The van der Waals surface area contributed by atoms with Gasteiger partial charge in [0.25, 0.3) is 0 Å². The lowest BCUT2D eigenvalue weighted by molar-refractivity contribution is -0.139. The Hall–Kier alpha value is -0.870. The van der Waals surface area contributed by atoms with E-state index in [0.717, 1.165) is 12.0 Å². The van der Waals surface area contributed by atoms with E-state index in [1.165, 1.54) is 6.92 Å². The predicted molar refractivity (Wildman–Crippen MR) is 66.7 cm³/mol. The first-order chi connectivity index (χ1) is 7.79. The molecule has 0 amide bonds. The first-order valence-corrected chi connectivity index (χ1v) is 5.81. The van der Waals surface area contributed by atoms with Gasteiger partial charge in [0.05, 0.1) is 11.7 Å². The maximum Gasteiger partial charge on any atom is 0.302 e. The van der Waals surface area contributed by atoms with Crippen molar-refractivity contribution < 1.29 is 19.4 Å². The molecule has 0 fully saturated rings. The molecule has 0 bridgehead atoms. The third-order valence-electron chi connectivity index (χ3n) is 2.86. The van der Waals surface area contributed by atoms with Gasteiger partial charge in [0.15, 0.2) is 0 Å². The minimum Gasteiger partial charge on any atom is -0.462 e. The molecule has 0 radical (unpaired) electrons. The topological polar surface area (TPSA) is 55.8 Å². The highest BCUT2D eigenvalue weighted by molar-refractivity contribution is 5.66. The summed E-state index contributed by atoms with van der Waals surface area (Å²) in [6.45, 7) is 7.35. The van der Waals surface area contributed by atoms with Crippen LogP contribution in [-0.4, -0.2) is 36.5 Å². The van der Waals surface area contributed by atoms with Crippen LogP contribution < -0.4 is 0 Å². The van der Waals surface area contributed by atoms with E-state index < -0.39 is 11.7 Å². The second kappa shape index (κ2) is 7.45. The lowest BCUT2D eigenvalue weighted by Gasteiger charge is -2.29. The summed E-state index contributed by atoms with van der Waals surface area (Å²) in [4.78, 5) is 10.6. The molecule has 0 spiro atoms. The summed E-state index contributed by atoms with van der Waals surface area (Å²) in [6, 6.07) is 0. The molecular weight excluding hydrogens is 220 g/mol. The van der Waals surface area contributed by atoms with Crippen molar-refractivity contribution in [2.24, 2.45) is 0 Å². The smallest absolute Gasteiger partial charge is 0.302 e. The summed E-state index contributed by atoms with van der Waals surface area (Å²) in [5.74, 6) is -0.283. The fourth-order valence-corrected chi connectivity index (χ4v) is 1.25. The van der Waals surface area contributed by atoms with Gasteiger partial charge in [-0.1, -0.05) is 5.57 Å². The fraction of sp³-hybridized carbons (Fsp3) is 0.769. The molecule has 100 valence electrons. The van der Waals surface area contributed by atoms with Crippen molar-refractivity contribution in [3.63, 3.8) is 0 Å². The normalized spacial score (nSPS) is 14.6. The fourth-order valence-electron chi connectivity index (χ4n) is 1.25. The molecule has 4 heteroatoms. The third-order valence-corrected chi connectivity index (χ3v) is 2.86. The van der Waals surface area contributed by atoms with E-state index in [0.29, 0.717) is 13.0 Å². The van der Waals surface area contributed by atoms with Gasteiger partial charge in [-0.3, -0.25) is 4.79 Å². The summed E-state index contributed by atoms with van der Waals surface area (Å²) in [5, 5.41) is 9.90. The Morgan fingerprint density at radius 1 is 1.41 bits per heavy atom. The van der Waals surface area contributed by atoms with Crippen molar-refractivity contribution in [2.75, 3.05) is 13.7 Å². The number of esters is 1. The average Bonchev–Trinajstić information content (AvgIpc) is 2.25.